The minimum Gasteiger partial charge on any atom is -0.475 e. The Bertz CT molecular complexity index is 375. The van der Waals surface area contributed by atoms with Crippen LogP contribution in [0.5, 0.6) is 0 Å². The van der Waals surface area contributed by atoms with Crippen LogP contribution in [0.2, 0.25) is 0 Å². The van der Waals surface area contributed by atoms with E-state index in [4.69, 9.17) is 14.2 Å². The summed E-state index contributed by atoms with van der Waals surface area (Å²) in [5.74, 6) is 1.13. The van der Waals surface area contributed by atoms with E-state index >= 15 is 0 Å². The lowest BCUT2D eigenvalue weighted by Gasteiger charge is -2.29. The van der Waals surface area contributed by atoms with Crippen molar-refractivity contribution in [2.45, 2.75) is 20.8 Å². The number of rotatable bonds is 6. The second-order valence-electron chi connectivity index (χ2n) is 4.94. The van der Waals surface area contributed by atoms with Crippen molar-refractivity contribution in [3.8, 4) is 0 Å². The molecule has 6 heteroatoms. The Balaban J connectivity index is 2.58. The van der Waals surface area contributed by atoms with Crippen LogP contribution in [0.3, 0.4) is 0 Å². The lowest BCUT2D eigenvalue weighted by Crippen LogP contribution is -2.33. The van der Waals surface area contributed by atoms with Crippen molar-refractivity contribution in [3.05, 3.63) is 11.8 Å². The van der Waals surface area contributed by atoms with Crippen LogP contribution in [0.15, 0.2) is 16.8 Å². The molecule has 0 fully saturated rings. The third-order valence-electron chi connectivity index (χ3n) is 2.59. The zero-order chi connectivity index (χ0) is 14.3. The second-order valence-corrected chi connectivity index (χ2v) is 4.94. The van der Waals surface area contributed by atoms with Crippen LogP contribution < -0.4 is 5.32 Å². The molecule has 0 saturated carbocycles. The van der Waals surface area contributed by atoms with Crippen molar-refractivity contribution < 1.29 is 19.0 Å². The highest BCUT2D eigenvalue weighted by Crippen LogP contribution is 2.28. The predicted octanol–water partition coefficient (Wildman–Crippen LogP) is 1.08. The molecule has 0 aromatic rings. The highest BCUT2D eigenvalue weighted by Gasteiger charge is 2.27. The number of ether oxygens (including phenoxy) is 3. The number of aliphatic imine (C=N–C) groups is 1. The van der Waals surface area contributed by atoms with Gasteiger partial charge in [0, 0.05) is 25.5 Å². The van der Waals surface area contributed by atoms with Gasteiger partial charge in [-0.3, -0.25) is 4.79 Å². The summed E-state index contributed by atoms with van der Waals surface area (Å²) in [6, 6.07) is 0. The number of carbonyl (C=O) groups is 1. The zero-order valence-corrected chi connectivity index (χ0v) is 12.0. The molecular formula is C13H22N2O4. The fourth-order valence-corrected chi connectivity index (χ4v) is 1.57. The normalized spacial score (nSPS) is 15.4. The first-order valence-corrected chi connectivity index (χ1v) is 6.19. The smallest absolute Gasteiger partial charge is 0.222 e. The average molecular weight is 270 g/mol. The molecule has 19 heavy (non-hydrogen) atoms. The Morgan fingerprint density at radius 2 is 2.26 bits per heavy atom. The fraction of sp³-hybridized carbons (Fsp3) is 0.692. The minimum atomic E-state index is -0.284. The molecule has 0 bridgehead atoms. The zero-order valence-electron chi connectivity index (χ0n) is 12.0. The van der Waals surface area contributed by atoms with E-state index in [0.717, 1.165) is 5.76 Å². The average Bonchev–Trinajstić information content (AvgIpc) is 2.34. The van der Waals surface area contributed by atoms with E-state index in [9.17, 15) is 4.79 Å². The molecule has 1 aliphatic heterocycles. The maximum Gasteiger partial charge on any atom is 0.222 e. The highest BCUT2D eigenvalue weighted by atomic mass is 16.5. The molecule has 1 heterocycles. The molecule has 0 atom stereocenters. The number of nitrogens with one attached hydrogen (secondary N) is 1. The number of nitrogens with zero attached hydrogens (tertiary/aromatic N) is 1. The van der Waals surface area contributed by atoms with Gasteiger partial charge in [0.25, 0.3) is 0 Å². The van der Waals surface area contributed by atoms with Gasteiger partial charge in [0.2, 0.25) is 5.91 Å². The molecule has 0 saturated heterocycles. The van der Waals surface area contributed by atoms with Crippen molar-refractivity contribution in [2.75, 3.05) is 33.7 Å². The summed E-state index contributed by atoms with van der Waals surface area (Å²) in [6.45, 7) is 7.31. The van der Waals surface area contributed by atoms with Crippen molar-refractivity contribution in [1.82, 2.24) is 5.32 Å². The topological polar surface area (TPSA) is 69.2 Å². The molecular weight excluding hydrogens is 248 g/mol. The van der Waals surface area contributed by atoms with Crippen LogP contribution >= 0.6 is 0 Å². The minimum absolute atomic E-state index is 0.148. The number of carbonyl (C=O) groups excluding carboxylic acids is 1. The van der Waals surface area contributed by atoms with E-state index < -0.39 is 0 Å². The number of methoxy groups -OCH3 is 1. The van der Waals surface area contributed by atoms with Crippen LogP contribution in [0.4, 0.5) is 0 Å². The summed E-state index contributed by atoms with van der Waals surface area (Å²) < 4.78 is 16.0. The molecule has 1 aliphatic rings. The molecule has 0 aliphatic carbocycles. The van der Waals surface area contributed by atoms with Gasteiger partial charge in [0.05, 0.1) is 19.8 Å². The van der Waals surface area contributed by atoms with Gasteiger partial charge in [-0.1, -0.05) is 13.8 Å². The Hall–Kier alpha value is -1.40. The molecule has 6 nitrogen and oxygen atoms in total. The van der Waals surface area contributed by atoms with E-state index in [1.807, 2.05) is 13.8 Å². The third-order valence-corrected chi connectivity index (χ3v) is 2.59. The van der Waals surface area contributed by atoms with Crippen LogP contribution in [-0.4, -0.2) is 45.4 Å². The maximum absolute atomic E-state index is 11.0. The van der Waals surface area contributed by atoms with Crippen LogP contribution in [0.1, 0.15) is 20.8 Å². The lowest BCUT2D eigenvalue weighted by atomic mass is 9.91. The van der Waals surface area contributed by atoms with E-state index in [2.05, 4.69) is 10.3 Å². The van der Waals surface area contributed by atoms with Gasteiger partial charge in [-0.25, -0.2) is 4.99 Å². The Labute approximate surface area is 113 Å². The SMILES string of the molecule is COCCOCC(C)(C)C1=CC(NC(C)=O)=NCO1. The summed E-state index contributed by atoms with van der Waals surface area (Å²) in [6.07, 6.45) is 1.74. The van der Waals surface area contributed by atoms with Gasteiger partial charge in [-0.05, 0) is 0 Å². The third kappa shape index (κ3) is 5.40. The van der Waals surface area contributed by atoms with Gasteiger partial charge >= 0.3 is 0 Å². The molecule has 0 unspecified atom stereocenters. The van der Waals surface area contributed by atoms with E-state index in [-0.39, 0.29) is 18.1 Å². The molecule has 0 aromatic heterocycles. The quantitative estimate of drug-likeness (QED) is 0.733. The molecule has 0 aromatic carbocycles. The van der Waals surface area contributed by atoms with Crippen molar-refractivity contribution in [2.24, 2.45) is 10.4 Å². The molecule has 0 radical (unpaired) electrons. The molecule has 1 rings (SSSR count). The van der Waals surface area contributed by atoms with E-state index in [1.165, 1.54) is 6.92 Å². The van der Waals surface area contributed by atoms with Gasteiger partial charge in [-0.15, -0.1) is 0 Å². The number of amides is 1. The van der Waals surface area contributed by atoms with Crippen LogP contribution in [-0.2, 0) is 19.0 Å². The van der Waals surface area contributed by atoms with Gasteiger partial charge in [0.15, 0.2) is 6.73 Å². The monoisotopic (exact) mass is 270 g/mol. The van der Waals surface area contributed by atoms with Crippen LogP contribution in [0, 0.1) is 5.41 Å². The van der Waals surface area contributed by atoms with Crippen molar-refractivity contribution in [3.63, 3.8) is 0 Å². The van der Waals surface area contributed by atoms with Crippen molar-refractivity contribution in [1.29, 1.82) is 0 Å². The molecule has 1 N–H and O–H groups in total. The highest BCUT2D eigenvalue weighted by molar-refractivity contribution is 6.04. The number of hydrogen-bond acceptors (Lipinski definition) is 5. The summed E-state index contributed by atoms with van der Waals surface area (Å²) in [7, 11) is 1.64. The van der Waals surface area contributed by atoms with E-state index in [0.29, 0.717) is 25.7 Å². The van der Waals surface area contributed by atoms with E-state index in [1.54, 1.807) is 13.2 Å². The molecule has 108 valence electrons. The summed E-state index contributed by atoms with van der Waals surface area (Å²) in [4.78, 5) is 15.1. The van der Waals surface area contributed by atoms with Gasteiger partial charge in [0.1, 0.15) is 11.6 Å². The predicted molar refractivity (Wildman–Crippen MR) is 71.8 cm³/mol. The first-order chi connectivity index (χ1) is 8.95. The Morgan fingerprint density at radius 1 is 1.53 bits per heavy atom. The first-order valence-electron chi connectivity index (χ1n) is 6.19. The summed E-state index contributed by atoms with van der Waals surface area (Å²) in [5, 5.41) is 2.65. The lowest BCUT2D eigenvalue weighted by molar-refractivity contribution is -0.117. The molecule has 1 amide bonds. The fourth-order valence-electron chi connectivity index (χ4n) is 1.57. The largest absolute Gasteiger partial charge is 0.475 e. The summed E-state index contributed by atoms with van der Waals surface area (Å²) in [5.41, 5.74) is -0.284. The van der Waals surface area contributed by atoms with Crippen LogP contribution in [0.25, 0.3) is 0 Å². The second kappa shape index (κ2) is 7.25. The number of hydrogen-bond donors (Lipinski definition) is 1. The number of amidine groups is 1. The van der Waals surface area contributed by atoms with Gasteiger partial charge in [-0.2, -0.15) is 0 Å². The van der Waals surface area contributed by atoms with Gasteiger partial charge < -0.3 is 19.5 Å². The van der Waals surface area contributed by atoms with Crippen molar-refractivity contribution >= 4 is 11.7 Å². The first kappa shape index (κ1) is 15.7. The molecule has 0 spiro atoms. The summed E-state index contributed by atoms with van der Waals surface area (Å²) >= 11 is 0. The Morgan fingerprint density at radius 3 is 2.89 bits per heavy atom. The standard InChI is InChI=1S/C13H22N2O4/c1-10(16)15-12-7-11(19-9-14-12)13(2,3)8-18-6-5-17-4/h7H,5-6,8-9H2,1-4H3,(H,14,15,16). The maximum atomic E-state index is 11.0. The Kier molecular flexibility index (Phi) is 5.98.